The molecule has 0 aromatic heterocycles. The molecule has 3 aromatic rings. The van der Waals surface area contributed by atoms with Crippen molar-refractivity contribution in [2.75, 3.05) is 0 Å². The van der Waals surface area contributed by atoms with E-state index in [-0.39, 0.29) is 6.10 Å². The molecular weight excluding hydrogens is 394 g/mol. The van der Waals surface area contributed by atoms with E-state index in [0.717, 1.165) is 30.6 Å². The van der Waals surface area contributed by atoms with Gasteiger partial charge in [0, 0.05) is 5.56 Å². The van der Waals surface area contributed by atoms with Crippen molar-refractivity contribution in [3.63, 3.8) is 0 Å². The Balaban J connectivity index is 1.79. The molecule has 1 amide bonds. The third-order valence-corrected chi connectivity index (χ3v) is 6.04. The molecule has 0 aliphatic rings. The van der Waals surface area contributed by atoms with Crippen LogP contribution in [0.25, 0.3) is 11.1 Å². The summed E-state index contributed by atoms with van der Waals surface area (Å²) in [5.74, 6) is 0.464. The van der Waals surface area contributed by atoms with Crippen molar-refractivity contribution < 1.29 is 9.53 Å². The van der Waals surface area contributed by atoms with Gasteiger partial charge in [0.15, 0.2) is 0 Å². The summed E-state index contributed by atoms with van der Waals surface area (Å²) < 4.78 is 6.47. The number of ether oxygens (including phenoxy) is 1. The van der Waals surface area contributed by atoms with Gasteiger partial charge in [-0.25, -0.2) is 0 Å². The molecule has 1 unspecified atom stereocenters. The molecule has 0 saturated heterocycles. The largest absolute Gasteiger partial charge is 0.486 e. The molecule has 0 heterocycles. The highest BCUT2D eigenvalue weighted by Gasteiger charge is 2.15. The summed E-state index contributed by atoms with van der Waals surface area (Å²) in [6.07, 6.45) is 6.68. The quantitative estimate of drug-likeness (QED) is 0.323. The summed E-state index contributed by atoms with van der Waals surface area (Å²) in [6.45, 7) is 6.52. The van der Waals surface area contributed by atoms with Gasteiger partial charge in [-0.1, -0.05) is 75.6 Å². The molecule has 0 spiro atoms. The number of hydrogen-bond acceptors (Lipinski definition) is 2. The van der Waals surface area contributed by atoms with E-state index in [4.69, 9.17) is 10.5 Å². The number of aryl methyl sites for hydroxylation is 2. The fraction of sp³-hybridized carbons (Fsp3) is 0.345. The van der Waals surface area contributed by atoms with Crippen LogP contribution in [0, 0.1) is 6.92 Å². The van der Waals surface area contributed by atoms with Crippen molar-refractivity contribution >= 4 is 5.91 Å². The molecular formula is C29H35NO2. The van der Waals surface area contributed by atoms with Crippen LogP contribution in [0.1, 0.15) is 79.1 Å². The van der Waals surface area contributed by atoms with E-state index < -0.39 is 5.91 Å². The number of amides is 1. The number of carbonyl (C=O) groups is 1. The van der Waals surface area contributed by atoms with Gasteiger partial charge < -0.3 is 10.5 Å². The number of carbonyl (C=O) groups excluding carboxylic acids is 1. The number of unbranched alkanes of at least 4 members (excludes halogenated alkanes) is 3. The third kappa shape index (κ3) is 6.23. The van der Waals surface area contributed by atoms with Gasteiger partial charge >= 0.3 is 0 Å². The van der Waals surface area contributed by atoms with Gasteiger partial charge in [-0.3, -0.25) is 4.79 Å². The van der Waals surface area contributed by atoms with Crippen LogP contribution in [0.2, 0.25) is 0 Å². The van der Waals surface area contributed by atoms with Crippen LogP contribution in [0.15, 0.2) is 66.7 Å². The standard InChI is InChI=1S/C29H35NO2/c1-4-6-7-8-9-28(24-14-16-25(17-15-24)29(30)31)32-26-18-19-27(21(3)20-26)23-12-10-22(5-2)11-13-23/h10-20,28H,4-9H2,1-3H3,(H2,30,31). The van der Waals surface area contributed by atoms with E-state index in [1.54, 1.807) is 12.1 Å². The molecule has 0 fully saturated rings. The normalized spacial score (nSPS) is 11.8. The molecule has 3 rings (SSSR count). The molecule has 0 bridgehead atoms. The Morgan fingerprint density at radius 1 is 0.906 bits per heavy atom. The van der Waals surface area contributed by atoms with Gasteiger partial charge in [-0.15, -0.1) is 0 Å². The van der Waals surface area contributed by atoms with Crippen LogP contribution in [0.3, 0.4) is 0 Å². The Morgan fingerprint density at radius 3 is 2.22 bits per heavy atom. The predicted molar refractivity (Wildman–Crippen MR) is 133 cm³/mol. The molecule has 0 radical (unpaired) electrons. The lowest BCUT2D eigenvalue weighted by molar-refractivity contribution is 0.1000. The van der Waals surface area contributed by atoms with Crippen LogP contribution in [-0.2, 0) is 6.42 Å². The molecule has 32 heavy (non-hydrogen) atoms. The Hall–Kier alpha value is -3.07. The number of benzene rings is 3. The number of rotatable bonds is 11. The highest BCUT2D eigenvalue weighted by Crippen LogP contribution is 2.31. The maximum Gasteiger partial charge on any atom is 0.248 e. The molecule has 0 aliphatic heterocycles. The van der Waals surface area contributed by atoms with Crippen molar-refractivity contribution in [2.24, 2.45) is 5.73 Å². The predicted octanol–water partition coefficient (Wildman–Crippen LogP) is 7.41. The highest BCUT2D eigenvalue weighted by molar-refractivity contribution is 5.92. The van der Waals surface area contributed by atoms with Crippen molar-refractivity contribution in [3.8, 4) is 16.9 Å². The lowest BCUT2D eigenvalue weighted by Crippen LogP contribution is -2.12. The molecule has 168 valence electrons. The van der Waals surface area contributed by atoms with Gasteiger partial charge in [0.1, 0.15) is 11.9 Å². The second-order valence-corrected chi connectivity index (χ2v) is 8.47. The van der Waals surface area contributed by atoms with Crippen molar-refractivity contribution in [1.82, 2.24) is 0 Å². The Bertz CT molecular complexity index is 1010. The van der Waals surface area contributed by atoms with Crippen molar-refractivity contribution in [2.45, 2.75) is 65.4 Å². The van der Waals surface area contributed by atoms with Crippen molar-refractivity contribution in [1.29, 1.82) is 0 Å². The first-order valence-corrected chi connectivity index (χ1v) is 11.8. The van der Waals surface area contributed by atoms with Gasteiger partial charge in [-0.2, -0.15) is 0 Å². The number of hydrogen-bond donors (Lipinski definition) is 1. The molecule has 0 saturated carbocycles. The molecule has 0 aliphatic carbocycles. The number of primary amides is 1. The zero-order valence-electron chi connectivity index (χ0n) is 19.6. The molecule has 3 nitrogen and oxygen atoms in total. The number of nitrogens with two attached hydrogens (primary N) is 1. The van der Waals surface area contributed by atoms with Gasteiger partial charge in [0.25, 0.3) is 0 Å². The smallest absolute Gasteiger partial charge is 0.248 e. The van der Waals surface area contributed by atoms with Crippen LogP contribution in [0.4, 0.5) is 0 Å². The lowest BCUT2D eigenvalue weighted by atomic mass is 9.98. The summed E-state index contributed by atoms with van der Waals surface area (Å²) in [5.41, 5.74) is 12.0. The van der Waals surface area contributed by atoms with Crippen LogP contribution >= 0.6 is 0 Å². The first kappa shape index (κ1) is 23.6. The summed E-state index contributed by atoms with van der Waals surface area (Å²) in [6, 6.07) is 22.6. The molecule has 3 aromatic carbocycles. The van der Waals surface area contributed by atoms with E-state index in [2.05, 4.69) is 63.2 Å². The maximum atomic E-state index is 11.4. The summed E-state index contributed by atoms with van der Waals surface area (Å²) in [4.78, 5) is 11.4. The minimum Gasteiger partial charge on any atom is -0.486 e. The first-order valence-electron chi connectivity index (χ1n) is 11.8. The van der Waals surface area contributed by atoms with Crippen LogP contribution in [-0.4, -0.2) is 5.91 Å². The van der Waals surface area contributed by atoms with Crippen LogP contribution in [0.5, 0.6) is 5.75 Å². The third-order valence-electron chi connectivity index (χ3n) is 6.04. The Morgan fingerprint density at radius 2 is 1.62 bits per heavy atom. The van der Waals surface area contributed by atoms with E-state index in [1.165, 1.54) is 41.5 Å². The zero-order valence-corrected chi connectivity index (χ0v) is 19.6. The van der Waals surface area contributed by atoms with Gasteiger partial charge in [0.05, 0.1) is 0 Å². The second kappa shape index (κ2) is 11.5. The topological polar surface area (TPSA) is 52.3 Å². The minimum atomic E-state index is -0.407. The van der Waals surface area contributed by atoms with Gasteiger partial charge in [0.2, 0.25) is 5.91 Å². The Kier molecular flexibility index (Phi) is 8.49. The summed E-state index contributed by atoms with van der Waals surface area (Å²) >= 11 is 0. The highest BCUT2D eigenvalue weighted by atomic mass is 16.5. The second-order valence-electron chi connectivity index (χ2n) is 8.47. The van der Waals surface area contributed by atoms with E-state index >= 15 is 0 Å². The SMILES string of the molecule is CCCCCCC(Oc1ccc(-c2ccc(CC)cc2)c(C)c1)c1ccc(C(N)=O)cc1. The molecule has 2 N–H and O–H groups in total. The average Bonchev–Trinajstić information content (AvgIpc) is 2.81. The van der Waals surface area contributed by atoms with E-state index in [9.17, 15) is 4.79 Å². The first-order chi connectivity index (χ1) is 15.5. The molecule has 1 atom stereocenters. The van der Waals surface area contributed by atoms with Gasteiger partial charge in [-0.05, 0) is 78.3 Å². The van der Waals surface area contributed by atoms with E-state index in [1.807, 2.05) is 12.1 Å². The lowest BCUT2D eigenvalue weighted by Gasteiger charge is -2.21. The fourth-order valence-corrected chi connectivity index (χ4v) is 4.03. The summed E-state index contributed by atoms with van der Waals surface area (Å²) in [5, 5.41) is 0. The maximum absolute atomic E-state index is 11.4. The monoisotopic (exact) mass is 429 g/mol. The fourth-order valence-electron chi connectivity index (χ4n) is 4.03. The molecule has 3 heteroatoms. The minimum absolute atomic E-state index is 0.0529. The van der Waals surface area contributed by atoms with Crippen LogP contribution < -0.4 is 10.5 Å². The van der Waals surface area contributed by atoms with Crippen molar-refractivity contribution in [3.05, 3.63) is 89.0 Å². The Labute approximate surface area is 192 Å². The summed E-state index contributed by atoms with van der Waals surface area (Å²) in [7, 11) is 0. The zero-order chi connectivity index (χ0) is 22.9. The average molecular weight is 430 g/mol. The van der Waals surface area contributed by atoms with E-state index in [0.29, 0.717) is 5.56 Å².